The Morgan fingerprint density at radius 3 is 2.64 bits per heavy atom. The number of pyridine rings is 1. The van der Waals surface area contributed by atoms with Crippen molar-refractivity contribution in [2.24, 2.45) is 25.7 Å². The van der Waals surface area contributed by atoms with Gasteiger partial charge >= 0.3 is 6.09 Å². The van der Waals surface area contributed by atoms with Crippen molar-refractivity contribution in [1.29, 1.82) is 0 Å². The highest BCUT2D eigenvalue weighted by molar-refractivity contribution is 6.00. The zero-order valence-electron chi connectivity index (χ0n) is 22.3. The number of amides is 2. The largest absolute Gasteiger partial charge is 0.494 e. The number of hydrogen-bond donors (Lipinski definition) is 1. The first-order valence-electron chi connectivity index (χ1n) is 13.2. The van der Waals surface area contributed by atoms with Crippen molar-refractivity contribution in [1.82, 2.24) is 23.6 Å². The van der Waals surface area contributed by atoms with Crippen LogP contribution in [0.1, 0.15) is 36.0 Å². The molecule has 2 amide bonds. The Kier molecular flexibility index (Phi) is 6.08. The summed E-state index contributed by atoms with van der Waals surface area (Å²) in [6, 6.07) is 7.47. The van der Waals surface area contributed by atoms with E-state index in [1.807, 2.05) is 23.7 Å². The number of aromatic nitrogens is 4. The Hall–Kier alpha value is -4.28. The summed E-state index contributed by atoms with van der Waals surface area (Å²) >= 11 is 0. The maximum Gasteiger partial charge on any atom is 0.404 e. The Balaban J connectivity index is 1.44. The van der Waals surface area contributed by atoms with Gasteiger partial charge in [-0.1, -0.05) is 0 Å². The Labute approximate surface area is 224 Å². The number of carbonyl (C=O) groups is 2. The highest BCUT2D eigenvalue weighted by Crippen LogP contribution is 2.37. The lowest BCUT2D eigenvalue weighted by atomic mass is 10.1. The number of hydrogen-bond acceptors (Lipinski definition) is 6. The highest BCUT2D eigenvalue weighted by Gasteiger charge is 2.29. The number of benzene rings is 1. The van der Waals surface area contributed by atoms with Crippen LogP contribution in [0.15, 0.2) is 35.3 Å². The average molecular weight is 533 g/mol. The number of fused-ring (bicyclic) bond motifs is 2. The first kappa shape index (κ1) is 25.0. The maximum absolute atomic E-state index is 13.5. The van der Waals surface area contributed by atoms with Crippen LogP contribution in [0.2, 0.25) is 0 Å². The molecule has 1 aliphatic carbocycles. The van der Waals surface area contributed by atoms with Crippen LogP contribution in [0.5, 0.6) is 5.75 Å². The van der Waals surface area contributed by atoms with Crippen molar-refractivity contribution < 1.29 is 19.1 Å². The van der Waals surface area contributed by atoms with Gasteiger partial charge in [0.2, 0.25) is 0 Å². The molecule has 0 bridgehead atoms. The van der Waals surface area contributed by atoms with Crippen LogP contribution in [-0.2, 0) is 25.4 Å². The van der Waals surface area contributed by atoms with E-state index in [9.17, 15) is 14.4 Å². The Bertz CT molecular complexity index is 1680. The molecule has 4 heterocycles. The van der Waals surface area contributed by atoms with Crippen LogP contribution in [0, 0.1) is 5.92 Å². The molecule has 6 rings (SSSR count). The van der Waals surface area contributed by atoms with E-state index in [1.165, 1.54) is 0 Å². The molecule has 2 N–H and O–H groups in total. The molecule has 11 heteroatoms. The standard InChI is InChI=1S/C28H32N6O5/c1-31-10-8-17-12-21(34(14-16-6-7-16)23(17)27(31)36)25-30-20-11-18(13-22(38-3)24(20)32(25)2)26(35)33-9-4-5-19(15-33)39-28(29)37/h8,10-13,16,19H,4-7,9,14-15H2,1-3H3,(H2,29,37)/t19-/m1/s1. The van der Waals surface area contributed by atoms with Gasteiger partial charge in [0.1, 0.15) is 22.9 Å². The Morgan fingerprint density at radius 1 is 1.13 bits per heavy atom. The number of imidazole rings is 1. The van der Waals surface area contributed by atoms with Gasteiger partial charge in [0.05, 0.1) is 24.9 Å². The topological polar surface area (TPSA) is 127 Å². The average Bonchev–Trinajstić information content (AvgIpc) is 3.58. The molecule has 3 aromatic heterocycles. The number of methoxy groups -OCH3 is 1. The Morgan fingerprint density at radius 2 is 1.92 bits per heavy atom. The van der Waals surface area contributed by atoms with Gasteiger partial charge < -0.3 is 33.8 Å². The van der Waals surface area contributed by atoms with Crippen molar-refractivity contribution in [3.8, 4) is 17.3 Å². The van der Waals surface area contributed by atoms with Crippen molar-refractivity contribution in [2.45, 2.75) is 38.3 Å². The van der Waals surface area contributed by atoms with Gasteiger partial charge in [0.15, 0.2) is 5.82 Å². The molecule has 1 saturated heterocycles. The second-order valence-electron chi connectivity index (χ2n) is 10.6. The minimum atomic E-state index is -0.838. The van der Waals surface area contributed by atoms with E-state index in [0.29, 0.717) is 53.5 Å². The van der Waals surface area contributed by atoms with E-state index in [-0.39, 0.29) is 18.0 Å². The lowest BCUT2D eigenvalue weighted by molar-refractivity contribution is 0.0373. The van der Waals surface area contributed by atoms with Gasteiger partial charge in [-0.15, -0.1) is 0 Å². The molecule has 2 fully saturated rings. The lowest BCUT2D eigenvalue weighted by Crippen LogP contribution is -2.44. The van der Waals surface area contributed by atoms with Crippen LogP contribution in [-0.4, -0.2) is 61.9 Å². The molecule has 2 aliphatic rings. The summed E-state index contributed by atoms with van der Waals surface area (Å²) in [6.45, 7) is 1.60. The highest BCUT2D eigenvalue weighted by atomic mass is 16.6. The van der Waals surface area contributed by atoms with Gasteiger partial charge in [0, 0.05) is 44.3 Å². The van der Waals surface area contributed by atoms with Crippen LogP contribution in [0.25, 0.3) is 33.5 Å². The fourth-order valence-electron chi connectivity index (χ4n) is 5.68. The van der Waals surface area contributed by atoms with E-state index in [0.717, 1.165) is 36.0 Å². The third-order valence-electron chi connectivity index (χ3n) is 7.84. The number of piperidine rings is 1. The van der Waals surface area contributed by atoms with Crippen LogP contribution < -0.4 is 16.0 Å². The molecule has 1 aromatic carbocycles. The number of carbonyl (C=O) groups excluding carboxylic acids is 2. The van der Waals surface area contributed by atoms with Crippen LogP contribution >= 0.6 is 0 Å². The summed E-state index contributed by atoms with van der Waals surface area (Å²) in [6.07, 6.45) is 4.19. The van der Waals surface area contributed by atoms with Crippen LogP contribution in [0.4, 0.5) is 4.79 Å². The summed E-state index contributed by atoms with van der Waals surface area (Å²) in [7, 11) is 5.25. The summed E-state index contributed by atoms with van der Waals surface area (Å²) in [5.74, 6) is 1.58. The predicted octanol–water partition coefficient (Wildman–Crippen LogP) is 3.01. The number of ether oxygens (including phenoxy) is 2. The van der Waals surface area contributed by atoms with E-state index in [1.54, 1.807) is 42.0 Å². The predicted molar refractivity (Wildman–Crippen MR) is 146 cm³/mol. The number of rotatable bonds is 6. The molecule has 1 atom stereocenters. The molecular weight excluding hydrogens is 500 g/mol. The second kappa shape index (κ2) is 9.48. The number of nitrogens with two attached hydrogens (primary N) is 1. The molecule has 4 aromatic rings. The van der Waals surface area contributed by atoms with Gasteiger partial charge in [-0.25, -0.2) is 9.78 Å². The number of primary amides is 1. The number of nitrogens with zero attached hydrogens (tertiary/aromatic N) is 5. The molecular formula is C28H32N6O5. The second-order valence-corrected chi connectivity index (χ2v) is 10.6. The normalized spacial score (nSPS) is 17.6. The van der Waals surface area contributed by atoms with E-state index in [2.05, 4.69) is 4.57 Å². The molecule has 39 heavy (non-hydrogen) atoms. The molecule has 1 aliphatic heterocycles. The van der Waals surface area contributed by atoms with Crippen molar-refractivity contribution in [2.75, 3.05) is 20.2 Å². The summed E-state index contributed by atoms with van der Waals surface area (Å²) in [5, 5.41) is 0.876. The van der Waals surface area contributed by atoms with Gasteiger partial charge in [-0.05, 0) is 55.9 Å². The molecule has 204 valence electrons. The third kappa shape index (κ3) is 4.41. The van der Waals surface area contributed by atoms with Crippen molar-refractivity contribution in [3.63, 3.8) is 0 Å². The summed E-state index contributed by atoms with van der Waals surface area (Å²) in [5.41, 5.74) is 8.50. The molecule has 1 saturated carbocycles. The minimum Gasteiger partial charge on any atom is -0.494 e. The quantitative estimate of drug-likeness (QED) is 0.407. The maximum atomic E-state index is 13.5. The zero-order valence-corrected chi connectivity index (χ0v) is 22.3. The fraction of sp³-hybridized carbons (Fsp3) is 0.429. The minimum absolute atomic E-state index is 0.0382. The van der Waals surface area contributed by atoms with Gasteiger partial charge in [-0.3, -0.25) is 9.59 Å². The van der Waals surface area contributed by atoms with Gasteiger partial charge in [-0.2, -0.15) is 0 Å². The first-order chi connectivity index (χ1) is 18.7. The number of aryl methyl sites for hydroxylation is 2. The molecule has 11 nitrogen and oxygen atoms in total. The fourth-order valence-corrected chi connectivity index (χ4v) is 5.68. The molecule has 0 unspecified atom stereocenters. The van der Waals surface area contributed by atoms with Crippen molar-refractivity contribution in [3.05, 3.63) is 46.4 Å². The summed E-state index contributed by atoms with van der Waals surface area (Å²) < 4.78 is 16.5. The monoisotopic (exact) mass is 532 g/mol. The first-order valence-corrected chi connectivity index (χ1v) is 13.2. The van der Waals surface area contributed by atoms with Gasteiger partial charge in [0.25, 0.3) is 11.5 Å². The number of likely N-dealkylation sites (tertiary alicyclic amines) is 1. The smallest absolute Gasteiger partial charge is 0.404 e. The van der Waals surface area contributed by atoms with Crippen LogP contribution in [0.3, 0.4) is 0 Å². The molecule has 0 radical (unpaired) electrons. The lowest BCUT2D eigenvalue weighted by Gasteiger charge is -2.32. The molecule has 0 spiro atoms. The SMILES string of the molecule is COc1cc(C(=O)N2CCC[C@@H](OC(N)=O)C2)cc2nc(-c3cc4ccn(C)c(=O)c4n3CC3CC3)n(C)c12. The summed E-state index contributed by atoms with van der Waals surface area (Å²) in [4.78, 5) is 44.5. The van der Waals surface area contributed by atoms with E-state index < -0.39 is 12.2 Å². The van der Waals surface area contributed by atoms with E-state index in [4.69, 9.17) is 20.2 Å². The third-order valence-corrected chi connectivity index (χ3v) is 7.84. The zero-order chi connectivity index (χ0) is 27.4. The van der Waals surface area contributed by atoms with Crippen molar-refractivity contribution >= 4 is 33.9 Å². The van der Waals surface area contributed by atoms with E-state index >= 15 is 0 Å².